The number of phenolic OH excluding ortho intramolecular Hbond substituents is 1. The van der Waals surface area contributed by atoms with Crippen LogP contribution in [0.15, 0.2) is 60.7 Å². The van der Waals surface area contributed by atoms with Crippen molar-refractivity contribution < 1.29 is 28.5 Å². The fourth-order valence-corrected chi connectivity index (χ4v) is 5.40. The van der Waals surface area contributed by atoms with E-state index >= 15 is 0 Å². The Kier molecular flexibility index (Phi) is 8.54. The van der Waals surface area contributed by atoms with Gasteiger partial charge in [0, 0.05) is 19.0 Å². The van der Waals surface area contributed by atoms with Gasteiger partial charge in [-0.3, -0.25) is 0 Å². The second-order valence-electron chi connectivity index (χ2n) is 10.0. The number of aryl methyl sites for hydroxylation is 2. The van der Waals surface area contributed by atoms with Crippen LogP contribution < -0.4 is 9.47 Å². The van der Waals surface area contributed by atoms with Gasteiger partial charge in [0.25, 0.3) is 0 Å². The van der Waals surface area contributed by atoms with Crippen molar-refractivity contribution in [2.24, 2.45) is 7.05 Å². The Morgan fingerprint density at radius 2 is 1.79 bits per heavy atom. The first-order valence-electron chi connectivity index (χ1n) is 13.7. The van der Waals surface area contributed by atoms with Crippen molar-refractivity contribution in [1.29, 1.82) is 0 Å². The van der Waals surface area contributed by atoms with E-state index in [-0.39, 0.29) is 35.5 Å². The number of benzene rings is 3. The molecule has 0 amide bonds. The van der Waals surface area contributed by atoms with Gasteiger partial charge in [0.05, 0.1) is 29.8 Å². The standard InChI is InChI=1S/C33H31ClFN3O5/c1-6-42-33(40)26(17-21-9-7-8-10-25(21)41-5)43-32-28-27(23-15-16-24(39)29(34)18(23)2)30(20-11-13-22(35)14-12-20)38(4)31(28)36-19(3)37-32/h7-16,26,39H,6,17H2,1-5H3. The number of carbonyl (C=O) groups excluding carboxylic acids is 1. The van der Waals surface area contributed by atoms with Crippen LogP contribution in [0.25, 0.3) is 33.4 Å². The number of halogens is 2. The molecule has 43 heavy (non-hydrogen) atoms. The number of rotatable bonds is 9. The first-order chi connectivity index (χ1) is 20.6. The fourth-order valence-electron chi connectivity index (χ4n) is 5.24. The van der Waals surface area contributed by atoms with Gasteiger partial charge in [0.1, 0.15) is 28.8 Å². The molecule has 1 unspecified atom stereocenters. The number of esters is 1. The van der Waals surface area contributed by atoms with Gasteiger partial charge in [0.2, 0.25) is 12.0 Å². The molecule has 0 fully saturated rings. The van der Waals surface area contributed by atoms with Crippen molar-refractivity contribution in [2.45, 2.75) is 33.3 Å². The Balaban J connectivity index is 1.78. The van der Waals surface area contributed by atoms with Gasteiger partial charge in [0.15, 0.2) is 0 Å². The lowest BCUT2D eigenvalue weighted by molar-refractivity contribution is -0.151. The van der Waals surface area contributed by atoms with Crippen molar-refractivity contribution in [2.75, 3.05) is 13.7 Å². The number of carbonyl (C=O) groups is 1. The molecule has 5 aromatic rings. The molecule has 0 aliphatic heterocycles. The molecule has 0 spiro atoms. The molecule has 2 aromatic heterocycles. The second kappa shape index (κ2) is 12.3. The highest BCUT2D eigenvalue weighted by molar-refractivity contribution is 6.33. The van der Waals surface area contributed by atoms with Crippen LogP contribution >= 0.6 is 11.6 Å². The summed E-state index contributed by atoms with van der Waals surface area (Å²) in [7, 11) is 3.41. The molecule has 10 heteroatoms. The number of hydrogen-bond donors (Lipinski definition) is 1. The molecule has 0 radical (unpaired) electrons. The van der Waals surface area contributed by atoms with Crippen molar-refractivity contribution in [3.8, 4) is 39.8 Å². The van der Waals surface area contributed by atoms with Crippen LogP contribution in [-0.2, 0) is 23.0 Å². The molecule has 8 nitrogen and oxygen atoms in total. The molecule has 0 aliphatic rings. The highest BCUT2D eigenvalue weighted by atomic mass is 35.5. The fraction of sp³-hybridized carbons (Fsp3) is 0.242. The van der Waals surface area contributed by atoms with Crippen LogP contribution in [-0.4, -0.2) is 45.4 Å². The van der Waals surface area contributed by atoms with E-state index in [0.717, 1.165) is 5.56 Å². The third-order valence-electron chi connectivity index (χ3n) is 7.26. The quantitative estimate of drug-likeness (QED) is 0.182. The number of methoxy groups -OCH3 is 1. The minimum absolute atomic E-state index is 0.0609. The Morgan fingerprint density at radius 3 is 2.49 bits per heavy atom. The number of nitrogens with zero attached hydrogens (tertiary/aromatic N) is 3. The minimum atomic E-state index is -1.07. The Hall–Kier alpha value is -4.63. The predicted octanol–water partition coefficient (Wildman–Crippen LogP) is 6.98. The van der Waals surface area contributed by atoms with Gasteiger partial charge in [-0.25, -0.2) is 14.2 Å². The maximum absolute atomic E-state index is 14.0. The van der Waals surface area contributed by atoms with Gasteiger partial charge in [-0.2, -0.15) is 4.98 Å². The van der Waals surface area contributed by atoms with Crippen molar-refractivity contribution >= 4 is 28.6 Å². The zero-order valence-electron chi connectivity index (χ0n) is 24.4. The summed E-state index contributed by atoms with van der Waals surface area (Å²) in [5.74, 6) is 0.199. The van der Waals surface area contributed by atoms with Crippen LogP contribution in [0.4, 0.5) is 4.39 Å². The minimum Gasteiger partial charge on any atom is -0.506 e. The average molecular weight is 604 g/mol. The van der Waals surface area contributed by atoms with E-state index in [1.807, 2.05) is 35.9 Å². The van der Waals surface area contributed by atoms with Crippen LogP contribution in [0, 0.1) is 19.7 Å². The molecule has 222 valence electrons. The number of aromatic nitrogens is 3. The molecule has 0 bridgehead atoms. The normalized spacial score (nSPS) is 11.9. The summed E-state index contributed by atoms with van der Waals surface area (Å²) in [6.07, 6.45) is -0.912. The van der Waals surface area contributed by atoms with Gasteiger partial charge >= 0.3 is 5.97 Å². The number of ether oxygens (including phenoxy) is 3. The predicted molar refractivity (Wildman–Crippen MR) is 163 cm³/mol. The molecule has 2 heterocycles. The lowest BCUT2D eigenvalue weighted by Crippen LogP contribution is -2.32. The molecule has 0 aliphatic carbocycles. The summed E-state index contributed by atoms with van der Waals surface area (Å²) >= 11 is 6.51. The summed E-state index contributed by atoms with van der Waals surface area (Å²) < 4.78 is 33.2. The zero-order chi connectivity index (χ0) is 30.8. The van der Waals surface area contributed by atoms with Crippen molar-refractivity contribution in [1.82, 2.24) is 14.5 Å². The van der Waals surface area contributed by atoms with Crippen LogP contribution in [0.2, 0.25) is 5.02 Å². The number of aromatic hydroxyl groups is 1. The number of phenols is 1. The molecule has 3 aromatic carbocycles. The van der Waals surface area contributed by atoms with Crippen LogP contribution in [0.3, 0.4) is 0 Å². The van der Waals surface area contributed by atoms with Crippen LogP contribution in [0.5, 0.6) is 17.4 Å². The SMILES string of the molecule is CCOC(=O)C(Cc1ccccc1OC)Oc1nc(C)nc2c1c(-c1ccc(O)c(Cl)c1C)c(-c1ccc(F)cc1)n2C. The summed E-state index contributed by atoms with van der Waals surface area (Å²) in [5, 5.41) is 11.0. The molecule has 5 rings (SSSR count). The van der Waals surface area contributed by atoms with E-state index in [9.17, 15) is 14.3 Å². The first kappa shape index (κ1) is 29.8. The maximum atomic E-state index is 14.0. The molecular formula is C33H31ClFN3O5. The summed E-state index contributed by atoms with van der Waals surface area (Å²) in [5.41, 5.74) is 4.63. The topological polar surface area (TPSA) is 95.7 Å². The smallest absolute Gasteiger partial charge is 0.347 e. The van der Waals surface area contributed by atoms with Crippen LogP contribution in [0.1, 0.15) is 23.9 Å². The number of fused-ring (bicyclic) bond motifs is 1. The van der Waals surface area contributed by atoms with Crippen molar-refractivity contribution in [3.05, 3.63) is 88.5 Å². The largest absolute Gasteiger partial charge is 0.506 e. The monoisotopic (exact) mass is 603 g/mol. The summed E-state index contributed by atoms with van der Waals surface area (Å²) in [4.78, 5) is 22.7. The van der Waals surface area contributed by atoms with Gasteiger partial charge < -0.3 is 23.9 Å². The number of para-hydroxylation sites is 1. The average Bonchev–Trinajstić information content (AvgIpc) is 3.28. The number of hydrogen-bond acceptors (Lipinski definition) is 7. The molecule has 0 saturated heterocycles. The Morgan fingerprint density at radius 1 is 1.07 bits per heavy atom. The highest BCUT2D eigenvalue weighted by Gasteiger charge is 2.30. The van der Waals surface area contributed by atoms with Crippen molar-refractivity contribution in [3.63, 3.8) is 0 Å². The van der Waals surface area contributed by atoms with Gasteiger partial charge in [-0.1, -0.05) is 35.9 Å². The molecule has 1 N–H and O–H groups in total. The van der Waals surface area contributed by atoms with E-state index < -0.39 is 12.1 Å². The van der Waals surface area contributed by atoms with Gasteiger partial charge in [-0.15, -0.1) is 0 Å². The van der Waals surface area contributed by atoms with E-state index in [0.29, 0.717) is 50.6 Å². The molecular weight excluding hydrogens is 573 g/mol. The molecule has 1 atom stereocenters. The summed E-state index contributed by atoms with van der Waals surface area (Å²) in [6, 6.07) is 16.7. The lowest BCUT2D eigenvalue weighted by Gasteiger charge is -2.19. The van der Waals surface area contributed by atoms with Gasteiger partial charge in [-0.05, 0) is 79.4 Å². The van der Waals surface area contributed by atoms with E-state index in [4.69, 9.17) is 30.8 Å². The Labute approximate surface area is 253 Å². The Bertz CT molecular complexity index is 1820. The second-order valence-corrected chi connectivity index (χ2v) is 10.4. The van der Waals surface area contributed by atoms with E-state index in [2.05, 4.69) is 4.98 Å². The summed E-state index contributed by atoms with van der Waals surface area (Å²) in [6.45, 7) is 5.42. The maximum Gasteiger partial charge on any atom is 0.347 e. The third-order valence-corrected chi connectivity index (χ3v) is 7.74. The van der Waals surface area contributed by atoms with E-state index in [1.165, 1.54) is 18.2 Å². The highest BCUT2D eigenvalue weighted by Crippen LogP contribution is 2.46. The van der Waals surface area contributed by atoms with E-state index in [1.54, 1.807) is 46.1 Å². The lowest BCUT2D eigenvalue weighted by atomic mass is 9.95. The molecule has 0 saturated carbocycles. The zero-order valence-corrected chi connectivity index (χ0v) is 25.2. The third kappa shape index (κ3) is 5.72. The first-order valence-corrected chi connectivity index (χ1v) is 14.1.